The third-order valence-corrected chi connectivity index (χ3v) is 5.80. The first-order valence-corrected chi connectivity index (χ1v) is 10.7. The predicted molar refractivity (Wildman–Crippen MR) is 122 cm³/mol. The maximum absolute atomic E-state index is 12.8. The summed E-state index contributed by atoms with van der Waals surface area (Å²) >= 11 is 1.74. The maximum atomic E-state index is 12.8. The van der Waals surface area contributed by atoms with Gasteiger partial charge in [-0.15, -0.1) is 11.8 Å². The highest BCUT2D eigenvalue weighted by Crippen LogP contribution is 2.31. The summed E-state index contributed by atoms with van der Waals surface area (Å²) < 4.78 is 0. The first kappa shape index (κ1) is 20.3. The highest BCUT2D eigenvalue weighted by molar-refractivity contribution is 8.02. The van der Waals surface area contributed by atoms with Gasteiger partial charge >= 0.3 is 0 Å². The molecule has 0 N–H and O–H groups in total. The zero-order valence-corrected chi connectivity index (χ0v) is 17.9. The summed E-state index contributed by atoms with van der Waals surface area (Å²) in [6, 6.07) is 15.9. The van der Waals surface area contributed by atoms with Gasteiger partial charge in [-0.05, 0) is 29.4 Å². The molecule has 2 heteroatoms. The highest BCUT2D eigenvalue weighted by atomic mass is 32.2. The Labute approximate surface area is 173 Å². The lowest BCUT2D eigenvalue weighted by Crippen LogP contribution is -2.11. The summed E-state index contributed by atoms with van der Waals surface area (Å²) in [5, 5.41) is 0. The Morgan fingerprint density at radius 1 is 1.00 bits per heavy atom. The molecule has 0 saturated carbocycles. The molecule has 28 heavy (non-hydrogen) atoms. The van der Waals surface area contributed by atoms with Crippen LogP contribution in [0, 0.1) is 6.42 Å². The minimum atomic E-state index is 0.0678. The van der Waals surface area contributed by atoms with Crippen LogP contribution < -0.4 is 0 Å². The summed E-state index contributed by atoms with van der Waals surface area (Å²) in [6.07, 6.45) is 9.26. The average molecular weight is 388 g/mol. The second-order valence-electron chi connectivity index (χ2n) is 8.18. The van der Waals surface area contributed by atoms with E-state index in [1.165, 1.54) is 21.6 Å². The van der Waals surface area contributed by atoms with Gasteiger partial charge in [0.15, 0.2) is 5.78 Å². The second kappa shape index (κ2) is 8.28. The lowest BCUT2D eigenvalue weighted by atomic mass is 9.86. The molecule has 1 aliphatic carbocycles. The van der Waals surface area contributed by atoms with E-state index in [0.29, 0.717) is 0 Å². The Hall–Kier alpha value is -2.45. The Morgan fingerprint density at radius 2 is 1.57 bits per heavy atom. The van der Waals surface area contributed by atoms with Crippen molar-refractivity contribution in [3.63, 3.8) is 0 Å². The van der Waals surface area contributed by atoms with E-state index in [9.17, 15) is 4.79 Å². The number of benzene rings is 2. The van der Waals surface area contributed by atoms with Crippen molar-refractivity contribution in [1.29, 1.82) is 0 Å². The van der Waals surface area contributed by atoms with Crippen molar-refractivity contribution in [2.24, 2.45) is 0 Å². The summed E-state index contributed by atoms with van der Waals surface area (Å²) in [7, 11) is 0. The van der Waals surface area contributed by atoms with E-state index < -0.39 is 0 Å². The van der Waals surface area contributed by atoms with Crippen molar-refractivity contribution in [1.82, 2.24) is 0 Å². The van der Waals surface area contributed by atoms with Crippen molar-refractivity contribution in [2.45, 2.75) is 32.6 Å². The second-order valence-corrected chi connectivity index (χ2v) is 9.02. The number of allylic oxidation sites excluding steroid dienone is 4. The van der Waals surface area contributed by atoms with Crippen LogP contribution in [-0.4, -0.2) is 12.0 Å². The Balaban J connectivity index is 1.73. The van der Waals surface area contributed by atoms with Crippen LogP contribution in [0.1, 0.15) is 47.8 Å². The summed E-state index contributed by atoms with van der Waals surface area (Å²) in [5.74, 6) is 0.0678. The summed E-state index contributed by atoms with van der Waals surface area (Å²) in [6.45, 7) is 10.5. The van der Waals surface area contributed by atoms with Crippen molar-refractivity contribution >= 4 is 17.5 Å². The van der Waals surface area contributed by atoms with Crippen LogP contribution in [0.2, 0.25) is 0 Å². The van der Waals surface area contributed by atoms with Crippen molar-refractivity contribution < 1.29 is 4.79 Å². The molecule has 1 aliphatic rings. The van der Waals surface area contributed by atoms with Gasteiger partial charge in [-0.2, -0.15) is 0 Å². The van der Waals surface area contributed by atoms with Crippen molar-refractivity contribution in [3.8, 4) is 0 Å². The van der Waals surface area contributed by atoms with Crippen LogP contribution in [0.25, 0.3) is 0 Å². The van der Waals surface area contributed by atoms with Gasteiger partial charge in [-0.25, -0.2) is 0 Å². The molecular weight excluding hydrogens is 360 g/mol. The van der Waals surface area contributed by atoms with E-state index in [4.69, 9.17) is 0 Å². The van der Waals surface area contributed by atoms with E-state index in [-0.39, 0.29) is 11.2 Å². The molecule has 0 unspecified atom stereocenters. The SMILES string of the molecule is C=C1C=C(SC)C(Cc2ccc(C(=O)c3ccc(C(C)(C)C)cc3)cc2)=C[CH+]1. The predicted octanol–water partition coefficient (Wildman–Crippen LogP) is 6.70. The smallest absolute Gasteiger partial charge is 0.193 e. The van der Waals surface area contributed by atoms with E-state index in [1.54, 1.807) is 11.8 Å². The molecule has 142 valence electrons. The molecule has 0 radical (unpaired) electrons. The number of thioether (sulfide) groups is 1. The zero-order chi connectivity index (χ0) is 20.3. The van der Waals surface area contributed by atoms with Gasteiger partial charge in [0.2, 0.25) is 0 Å². The van der Waals surface area contributed by atoms with Gasteiger partial charge in [0.25, 0.3) is 0 Å². The van der Waals surface area contributed by atoms with Crippen LogP contribution in [0.3, 0.4) is 0 Å². The number of carbonyl (C=O) groups is 1. The lowest BCUT2D eigenvalue weighted by Gasteiger charge is -2.19. The van der Waals surface area contributed by atoms with Crippen LogP contribution in [0.5, 0.6) is 0 Å². The van der Waals surface area contributed by atoms with E-state index in [2.05, 4.69) is 70.0 Å². The van der Waals surface area contributed by atoms with Crippen molar-refractivity contribution in [2.75, 3.05) is 6.26 Å². The van der Waals surface area contributed by atoms with Crippen LogP contribution in [-0.2, 0) is 11.8 Å². The number of carbonyl (C=O) groups excluding carboxylic acids is 1. The molecule has 2 aromatic rings. The number of rotatable bonds is 5. The molecule has 0 aliphatic heterocycles. The zero-order valence-electron chi connectivity index (χ0n) is 17.1. The molecule has 0 heterocycles. The molecule has 3 rings (SSSR count). The van der Waals surface area contributed by atoms with E-state index in [1.807, 2.05) is 30.7 Å². The van der Waals surface area contributed by atoms with Crippen LogP contribution in [0.15, 0.2) is 83.3 Å². The number of ketones is 1. The Kier molecular flexibility index (Phi) is 6.00. The monoisotopic (exact) mass is 387 g/mol. The summed E-state index contributed by atoms with van der Waals surface area (Å²) in [5.41, 5.74) is 6.31. The van der Waals surface area contributed by atoms with Gasteiger partial charge in [0.1, 0.15) is 0 Å². The quantitative estimate of drug-likeness (QED) is 0.419. The molecular formula is C26H27OS+. The minimum Gasteiger partial charge on any atom is -0.289 e. The largest absolute Gasteiger partial charge is 0.289 e. The van der Waals surface area contributed by atoms with Crippen LogP contribution >= 0.6 is 11.8 Å². The molecule has 2 aromatic carbocycles. The lowest BCUT2D eigenvalue weighted by molar-refractivity contribution is 0.103. The molecule has 0 aromatic heterocycles. The number of hydrogen-bond acceptors (Lipinski definition) is 2. The molecule has 0 amide bonds. The third kappa shape index (κ3) is 4.69. The van der Waals surface area contributed by atoms with Gasteiger partial charge in [0, 0.05) is 41.7 Å². The molecule has 0 spiro atoms. The maximum Gasteiger partial charge on any atom is 0.193 e. The normalized spacial score (nSPS) is 14.2. The first-order valence-electron chi connectivity index (χ1n) is 9.51. The molecule has 0 bridgehead atoms. The van der Waals surface area contributed by atoms with E-state index >= 15 is 0 Å². The minimum absolute atomic E-state index is 0.0678. The fourth-order valence-electron chi connectivity index (χ4n) is 3.22. The van der Waals surface area contributed by atoms with Gasteiger partial charge in [0.05, 0.1) is 10.5 Å². The fourth-order valence-corrected chi connectivity index (χ4v) is 3.89. The van der Waals surface area contributed by atoms with Crippen molar-refractivity contribution in [3.05, 3.63) is 112 Å². The van der Waals surface area contributed by atoms with Gasteiger partial charge < -0.3 is 0 Å². The molecule has 0 atom stereocenters. The standard InChI is InChI=1S/C26H27OS/c1-18-6-9-22(24(16-18)28-5)17-19-7-10-20(11-8-19)25(27)21-12-14-23(15-13-21)26(2,3)4/h6-16H,1,17H2,2-5H3/q+1. The number of hydrogen-bond donors (Lipinski definition) is 0. The topological polar surface area (TPSA) is 17.1 Å². The summed E-state index contributed by atoms with van der Waals surface area (Å²) in [4.78, 5) is 14.1. The van der Waals surface area contributed by atoms with Gasteiger partial charge in [-0.1, -0.05) is 69.3 Å². The van der Waals surface area contributed by atoms with E-state index in [0.717, 1.165) is 23.1 Å². The Bertz CT molecular complexity index is 935. The molecule has 0 fully saturated rings. The fraction of sp³-hybridized carbons (Fsp3) is 0.231. The van der Waals surface area contributed by atoms with Crippen LogP contribution in [0.4, 0.5) is 0 Å². The van der Waals surface area contributed by atoms with Gasteiger partial charge in [-0.3, -0.25) is 4.79 Å². The average Bonchev–Trinajstić information content (AvgIpc) is 2.69. The first-order chi connectivity index (χ1) is 13.3. The molecule has 1 nitrogen and oxygen atoms in total. The highest BCUT2D eigenvalue weighted by Gasteiger charge is 2.18. The molecule has 0 saturated heterocycles. The Morgan fingerprint density at radius 3 is 2.11 bits per heavy atom. The third-order valence-electron chi connectivity index (χ3n) is 4.98.